The molecule has 0 saturated heterocycles. The Bertz CT molecular complexity index is 1160. The van der Waals surface area contributed by atoms with Gasteiger partial charge in [-0.05, 0) is 54.2 Å². The number of ether oxygens (including phenoxy) is 2. The van der Waals surface area contributed by atoms with Crippen molar-refractivity contribution in [2.24, 2.45) is 0 Å². The standard InChI is InChI=1S/C24H21BrClN3O4S/c25-18-9-10-21(20(26)14-18)33-15-22(30)28-29-24(34)27-23(31)17-7-4-8-19(13-17)32-12-11-16-5-2-1-3-6-16/h1-10,13-14H,11-12,15H2,(H,28,30)(H2,27,29,31,34). The molecule has 0 aliphatic rings. The van der Waals surface area contributed by atoms with Gasteiger partial charge in [0.1, 0.15) is 11.5 Å². The number of hydrazine groups is 1. The van der Waals surface area contributed by atoms with Gasteiger partial charge in [-0.15, -0.1) is 0 Å². The summed E-state index contributed by atoms with van der Waals surface area (Å²) in [6.07, 6.45) is 0.753. The third-order valence-electron chi connectivity index (χ3n) is 4.39. The van der Waals surface area contributed by atoms with E-state index in [2.05, 4.69) is 32.1 Å². The van der Waals surface area contributed by atoms with Gasteiger partial charge >= 0.3 is 0 Å². The first-order valence-electron chi connectivity index (χ1n) is 10.2. The topological polar surface area (TPSA) is 88.7 Å². The second-order valence-electron chi connectivity index (χ2n) is 6.93. The van der Waals surface area contributed by atoms with Gasteiger partial charge in [-0.25, -0.2) is 0 Å². The van der Waals surface area contributed by atoms with Crippen LogP contribution >= 0.6 is 39.7 Å². The smallest absolute Gasteiger partial charge is 0.276 e. The Hall–Kier alpha value is -3.14. The van der Waals surface area contributed by atoms with Crippen LogP contribution in [0, 0.1) is 0 Å². The first-order chi connectivity index (χ1) is 16.4. The number of halogens is 2. The van der Waals surface area contributed by atoms with E-state index in [9.17, 15) is 9.59 Å². The predicted octanol–water partition coefficient (Wildman–Crippen LogP) is 4.44. The van der Waals surface area contributed by atoms with Gasteiger partial charge in [-0.2, -0.15) is 0 Å². The summed E-state index contributed by atoms with van der Waals surface area (Å²) in [5, 5.41) is 2.79. The summed E-state index contributed by atoms with van der Waals surface area (Å²) in [6.45, 7) is 0.182. The van der Waals surface area contributed by atoms with Crippen LogP contribution in [0.25, 0.3) is 0 Å². The van der Waals surface area contributed by atoms with E-state index < -0.39 is 11.8 Å². The average Bonchev–Trinajstić information content (AvgIpc) is 2.83. The Kier molecular flexibility index (Phi) is 9.69. The fourth-order valence-corrected chi connectivity index (χ4v) is 3.63. The summed E-state index contributed by atoms with van der Waals surface area (Å²) < 4.78 is 11.9. The molecule has 3 aromatic rings. The molecule has 0 aromatic heterocycles. The van der Waals surface area contributed by atoms with Gasteiger partial charge in [0, 0.05) is 16.5 Å². The van der Waals surface area contributed by atoms with Crippen LogP contribution in [0.15, 0.2) is 77.3 Å². The number of benzene rings is 3. The number of rotatable bonds is 8. The first kappa shape index (κ1) is 25.5. The van der Waals surface area contributed by atoms with Crippen LogP contribution in [-0.2, 0) is 11.2 Å². The number of amides is 2. The van der Waals surface area contributed by atoms with E-state index >= 15 is 0 Å². The molecule has 0 radical (unpaired) electrons. The zero-order valence-electron chi connectivity index (χ0n) is 17.8. The molecule has 0 saturated carbocycles. The highest BCUT2D eigenvalue weighted by molar-refractivity contribution is 9.10. The Morgan fingerprint density at radius 3 is 2.50 bits per heavy atom. The first-order valence-corrected chi connectivity index (χ1v) is 11.7. The largest absolute Gasteiger partial charge is 0.493 e. The molecule has 10 heteroatoms. The average molecular weight is 563 g/mol. The molecule has 0 aliphatic carbocycles. The Morgan fingerprint density at radius 2 is 1.74 bits per heavy atom. The van der Waals surface area contributed by atoms with E-state index in [1.54, 1.807) is 42.5 Å². The van der Waals surface area contributed by atoms with Crippen molar-refractivity contribution in [2.45, 2.75) is 6.42 Å². The lowest BCUT2D eigenvalue weighted by molar-refractivity contribution is -0.123. The van der Waals surface area contributed by atoms with Crippen molar-refractivity contribution in [1.29, 1.82) is 0 Å². The number of hydrogen-bond donors (Lipinski definition) is 3. The van der Waals surface area contributed by atoms with Crippen molar-refractivity contribution < 1.29 is 19.1 Å². The molecule has 2 amide bonds. The second kappa shape index (κ2) is 12.9. The SMILES string of the molecule is O=C(COc1ccc(Br)cc1Cl)NNC(=S)NC(=O)c1cccc(OCCc2ccccc2)c1. The van der Waals surface area contributed by atoms with Gasteiger partial charge in [0.25, 0.3) is 11.8 Å². The lowest BCUT2D eigenvalue weighted by Gasteiger charge is -2.12. The molecule has 0 unspecified atom stereocenters. The van der Waals surface area contributed by atoms with Crippen molar-refractivity contribution in [3.8, 4) is 11.5 Å². The van der Waals surface area contributed by atoms with Gasteiger partial charge in [0.15, 0.2) is 11.7 Å². The zero-order chi connectivity index (χ0) is 24.3. The van der Waals surface area contributed by atoms with Crippen molar-refractivity contribution in [2.75, 3.05) is 13.2 Å². The van der Waals surface area contributed by atoms with Gasteiger partial charge in [-0.1, -0.05) is 63.9 Å². The van der Waals surface area contributed by atoms with Crippen molar-refractivity contribution in [3.05, 3.63) is 93.4 Å². The van der Waals surface area contributed by atoms with Gasteiger partial charge in [0.05, 0.1) is 11.6 Å². The van der Waals surface area contributed by atoms with Crippen LogP contribution < -0.4 is 25.6 Å². The maximum Gasteiger partial charge on any atom is 0.276 e. The molecule has 3 aromatic carbocycles. The molecule has 3 N–H and O–H groups in total. The third kappa shape index (κ3) is 8.33. The number of hydrogen-bond acceptors (Lipinski definition) is 5. The number of carbonyl (C=O) groups is 2. The van der Waals surface area contributed by atoms with Crippen LogP contribution in [0.2, 0.25) is 5.02 Å². The van der Waals surface area contributed by atoms with Crippen LogP contribution in [0.1, 0.15) is 15.9 Å². The summed E-state index contributed by atoms with van der Waals surface area (Å²) in [4.78, 5) is 24.4. The Balaban J connectivity index is 1.40. The highest BCUT2D eigenvalue weighted by Crippen LogP contribution is 2.27. The summed E-state index contributed by atoms with van der Waals surface area (Å²) in [7, 11) is 0. The quantitative estimate of drug-likeness (QED) is 0.278. The number of nitrogens with one attached hydrogen (secondary N) is 3. The van der Waals surface area contributed by atoms with Crippen LogP contribution in [0.3, 0.4) is 0 Å². The normalized spacial score (nSPS) is 10.2. The molecular weight excluding hydrogens is 542 g/mol. The summed E-state index contributed by atoms with van der Waals surface area (Å²) in [6, 6.07) is 21.8. The minimum Gasteiger partial charge on any atom is -0.493 e. The van der Waals surface area contributed by atoms with E-state index in [0.29, 0.717) is 28.7 Å². The molecular formula is C24H21BrClN3O4S. The monoisotopic (exact) mass is 561 g/mol. The van der Waals surface area contributed by atoms with Crippen molar-refractivity contribution in [3.63, 3.8) is 0 Å². The molecule has 0 bridgehead atoms. The van der Waals surface area contributed by atoms with Crippen LogP contribution in [-0.4, -0.2) is 30.1 Å². The Morgan fingerprint density at radius 1 is 0.941 bits per heavy atom. The van der Waals surface area contributed by atoms with Crippen molar-refractivity contribution >= 4 is 56.7 Å². The fraction of sp³-hybridized carbons (Fsp3) is 0.125. The lowest BCUT2D eigenvalue weighted by Crippen LogP contribution is -2.49. The van der Waals surface area contributed by atoms with E-state index in [1.807, 2.05) is 30.3 Å². The van der Waals surface area contributed by atoms with Gasteiger partial charge in [-0.3, -0.25) is 25.8 Å². The predicted molar refractivity (Wildman–Crippen MR) is 138 cm³/mol. The van der Waals surface area contributed by atoms with E-state index in [4.69, 9.17) is 33.3 Å². The second-order valence-corrected chi connectivity index (χ2v) is 8.66. The Labute approximate surface area is 215 Å². The number of carbonyl (C=O) groups excluding carboxylic acids is 2. The molecule has 34 heavy (non-hydrogen) atoms. The maximum absolute atomic E-state index is 12.5. The van der Waals surface area contributed by atoms with Gasteiger partial charge < -0.3 is 9.47 Å². The molecule has 7 nitrogen and oxygen atoms in total. The van der Waals surface area contributed by atoms with E-state index in [0.717, 1.165) is 10.9 Å². The van der Waals surface area contributed by atoms with Gasteiger partial charge in [0.2, 0.25) is 0 Å². The molecule has 0 heterocycles. The molecule has 0 spiro atoms. The van der Waals surface area contributed by atoms with Crippen LogP contribution in [0.4, 0.5) is 0 Å². The molecule has 0 atom stereocenters. The van der Waals surface area contributed by atoms with Crippen molar-refractivity contribution in [1.82, 2.24) is 16.2 Å². The highest BCUT2D eigenvalue weighted by Gasteiger charge is 2.11. The summed E-state index contributed by atoms with van der Waals surface area (Å²) in [5.74, 6) is -0.0242. The number of thiocarbonyl (C=S) groups is 1. The van der Waals surface area contributed by atoms with E-state index in [1.165, 1.54) is 5.56 Å². The highest BCUT2D eigenvalue weighted by atomic mass is 79.9. The van der Waals surface area contributed by atoms with Crippen LogP contribution in [0.5, 0.6) is 11.5 Å². The molecule has 3 rings (SSSR count). The fourth-order valence-electron chi connectivity index (χ4n) is 2.76. The van der Waals surface area contributed by atoms with E-state index in [-0.39, 0.29) is 11.7 Å². The third-order valence-corrected chi connectivity index (χ3v) is 5.39. The minimum absolute atomic E-state index is 0.0737. The molecule has 176 valence electrons. The lowest BCUT2D eigenvalue weighted by atomic mass is 10.2. The summed E-state index contributed by atoms with van der Waals surface area (Å²) in [5.41, 5.74) is 6.34. The molecule has 0 aliphatic heterocycles. The summed E-state index contributed by atoms with van der Waals surface area (Å²) >= 11 is 14.4. The molecule has 0 fully saturated rings. The zero-order valence-corrected chi connectivity index (χ0v) is 21.0. The minimum atomic E-state index is -0.510. The maximum atomic E-state index is 12.5.